The SMILES string of the molecule is Cc1ccc2cccc(OCCCCC(=N)N)c2n1. The van der Waals surface area contributed by atoms with E-state index >= 15 is 0 Å². The molecule has 0 aliphatic heterocycles. The maximum atomic E-state index is 7.15. The van der Waals surface area contributed by atoms with E-state index in [1.807, 2.05) is 31.2 Å². The second kappa shape index (κ2) is 6.18. The van der Waals surface area contributed by atoms with Gasteiger partial charge in [0.15, 0.2) is 0 Å². The molecule has 19 heavy (non-hydrogen) atoms. The Labute approximate surface area is 113 Å². The molecular formula is C15H19N3O. The number of nitrogens with two attached hydrogens (primary N) is 1. The molecule has 0 unspecified atom stereocenters. The van der Waals surface area contributed by atoms with Crippen molar-refractivity contribution < 1.29 is 4.74 Å². The molecular weight excluding hydrogens is 238 g/mol. The third-order valence-electron chi connectivity index (χ3n) is 2.92. The van der Waals surface area contributed by atoms with Crippen LogP contribution in [0.4, 0.5) is 0 Å². The largest absolute Gasteiger partial charge is 0.491 e. The molecule has 1 heterocycles. The fourth-order valence-corrected chi connectivity index (χ4v) is 1.93. The lowest BCUT2D eigenvalue weighted by atomic mass is 10.2. The molecule has 0 bridgehead atoms. The van der Waals surface area contributed by atoms with Crippen molar-refractivity contribution in [2.75, 3.05) is 6.61 Å². The molecule has 0 fully saturated rings. The van der Waals surface area contributed by atoms with Crippen LogP contribution in [0.25, 0.3) is 10.9 Å². The highest BCUT2D eigenvalue weighted by Crippen LogP contribution is 2.24. The second-order valence-corrected chi connectivity index (χ2v) is 4.61. The first-order valence-electron chi connectivity index (χ1n) is 6.49. The van der Waals surface area contributed by atoms with E-state index in [0.29, 0.717) is 13.0 Å². The van der Waals surface area contributed by atoms with Crippen LogP contribution in [0.2, 0.25) is 0 Å². The van der Waals surface area contributed by atoms with Crippen LogP contribution < -0.4 is 10.5 Å². The second-order valence-electron chi connectivity index (χ2n) is 4.61. The topological polar surface area (TPSA) is 72.0 Å². The summed E-state index contributed by atoms with van der Waals surface area (Å²) < 4.78 is 5.78. The Bertz CT molecular complexity index is 581. The molecule has 0 radical (unpaired) electrons. The molecule has 0 saturated heterocycles. The minimum Gasteiger partial charge on any atom is -0.491 e. The van der Waals surface area contributed by atoms with Crippen LogP contribution in [0.3, 0.4) is 0 Å². The van der Waals surface area contributed by atoms with Crippen LogP contribution in [-0.4, -0.2) is 17.4 Å². The van der Waals surface area contributed by atoms with Crippen molar-refractivity contribution in [1.29, 1.82) is 5.41 Å². The average molecular weight is 257 g/mol. The summed E-state index contributed by atoms with van der Waals surface area (Å²) >= 11 is 0. The Morgan fingerprint density at radius 2 is 2.11 bits per heavy atom. The van der Waals surface area contributed by atoms with Gasteiger partial charge < -0.3 is 10.5 Å². The van der Waals surface area contributed by atoms with Crippen LogP contribution in [0.15, 0.2) is 30.3 Å². The molecule has 0 aliphatic rings. The third-order valence-corrected chi connectivity index (χ3v) is 2.92. The Morgan fingerprint density at radius 1 is 1.26 bits per heavy atom. The molecule has 4 nitrogen and oxygen atoms in total. The zero-order valence-corrected chi connectivity index (χ0v) is 11.1. The highest BCUT2D eigenvalue weighted by Gasteiger charge is 2.03. The molecule has 2 aromatic rings. The van der Waals surface area contributed by atoms with Gasteiger partial charge in [0.25, 0.3) is 0 Å². The van der Waals surface area contributed by atoms with Gasteiger partial charge in [-0.2, -0.15) is 0 Å². The summed E-state index contributed by atoms with van der Waals surface area (Å²) in [6.07, 6.45) is 2.41. The number of benzene rings is 1. The minimum atomic E-state index is 0.238. The minimum absolute atomic E-state index is 0.238. The first-order valence-corrected chi connectivity index (χ1v) is 6.49. The number of aryl methyl sites for hydroxylation is 1. The summed E-state index contributed by atoms with van der Waals surface area (Å²) in [5.41, 5.74) is 7.21. The molecule has 1 aromatic carbocycles. The predicted molar refractivity (Wildman–Crippen MR) is 77.7 cm³/mol. The zero-order chi connectivity index (χ0) is 13.7. The van der Waals surface area contributed by atoms with E-state index in [1.54, 1.807) is 0 Å². The zero-order valence-electron chi connectivity index (χ0n) is 11.1. The van der Waals surface area contributed by atoms with Gasteiger partial charge in [-0.25, -0.2) is 4.98 Å². The van der Waals surface area contributed by atoms with Crippen molar-refractivity contribution in [3.05, 3.63) is 36.0 Å². The number of hydrogen-bond donors (Lipinski definition) is 2. The van der Waals surface area contributed by atoms with Crippen molar-refractivity contribution in [1.82, 2.24) is 4.98 Å². The van der Waals surface area contributed by atoms with Crippen LogP contribution in [-0.2, 0) is 0 Å². The number of aromatic nitrogens is 1. The number of amidine groups is 1. The van der Waals surface area contributed by atoms with Crippen LogP contribution in [0.1, 0.15) is 25.0 Å². The molecule has 100 valence electrons. The third kappa shape index (κ3) is 3.68. The van der Waals surface area contributed by atoms with E-state index in [9.17, 15) is 0 Å². The standard InChI is InChI=1S/C15H19N3O/c1-11-8-9-12-5-4-6-13(15(12)18-11)19-10-3-2-7-14(16)17/h4-6,8-9H,2-3,7,10H2,1H3,(H3,16,17). The molecule has 1 aromatic heterocycles. The molecule has 3 N–H and O–H groups in total. The van der Waals surface area contributed by atoms with Gasteiger partial charge in [0.05, 0.1) is 12.4 Å². The molecule has 2 rings (SSSR count). The Morgan fingerprint density at radius 3 is 2.89 bits per heavy atom. The summed E-state index contributed by atoms with van der Waals surface area (Å²) in [5, 5.41) is 8.24. The first kappa shape index (κ1) is 13.3. The van der Waals surface area contributed by atoms with E-state index in [-0.39, 0.29) is 5.84 Å². The number of nitrogens with zero attached hydrogens (tertiary/aromatic N) is 1. The summed E-state index contributed by atoms with van der Waals surface area (Å²) in [4.78, 5) is 4.52. The monoisotopic (exact) mass is 257 g/mol. The van der Waals surface area contributed by atoms with Crippen molar-refractivity contribution >= 4 is 16.7 Å². The number of para-hydroxylation sites is 1. The fourth-order valence-electron chi connectivity index (χ4n) is 1.93. The molecule has 0 spiro atoms. The quantitative estimate of drug-likeness (QED) is 0.474. The predicted octanol–water partition coefficient (Wildman–Crippen LogP) is 3.03. The maximum Gasteiger partial charge on any atom is 0.145 e. The van der Waals surface area contributed by atoms with Crippen molar-refractivity contribution in [3.63, 3.8) is 0 Å². The Hall–Kier alpha value is -2.10. The fraction of sp³-hybridized carbons (Fsp3) is 0.333. The number of ether oxygens (including phenoxy) is 1. The molecule has 4 heteroatoms. The van der Waals surface area contributed by atoms with Gasteiger partial charge in [0.2, 0.25) is 0 Å². The highest BCUT2D eigenvalue weighted by molar-refractivity contribution is 5.84. The Balaban J connectivity index is 2.00. The van der Waals surface area contributed by atoms with Gasteiger partial charge in [-0.3, -0.25) is 5.41 Å². The summed E-state index contributed by atoms with van der Waals surface area (Å²) in [5.74, 6) is 1.06. The number of nitrogens with one attached hydrogen (secondary N) is 1. The normalized spacial score (nSPS) is 10.6. The number of unbranched alkanes of at least 4 members (excludes halogenated alkanes) is 1. The number of pyridine rings is 1. The van der Waals surface area contributed by atoms with Crippen molar-refractivity contribution in [3.8, 4) is 5.75 Å². The van der Waals surface area contributed by atoms with Crippen LogP contribution >= 0.6 is 0 Å². The van der Waals surface area contributed by atoms with Gasteiger partial charge in [-0.15, -0.1) is 0 Å². The van der Waals surface area contributed by atoms with Crippen LogP contribution in [0.5, 0.6) is 5.75 Å². The molecule has 0 amide bonds. The van der Waals surface area contributed by atoms with Gasteiger partial charge in [-0.1, -0.05) is 18.2 Å². The summed E-state index contributed by atoms with van der Waals surface area (Å²) in [6, 6.07) is 10.0. The number of rotatable bonds is 6. The average Bonchev–Trinajstić information content (AvgIpc) is 2.38. The molecule has 0 atom stereocenters. The highest BCUT2D eigenvalue weighted by atomic mass is 16.5. The van der Waals surface area contributed by atoms with Crippen molar-refractivity contribution in [2.45, 2.75) is 26.2 Å². The molecule has 0 aliphatic carbocycles. The summed E-state index contributed by atoms with van der Waals surface area (Å²) in [7, 11) is 0. The van der Waals surface area contributed by atoms with Gasteiger partial charge in [-0.05, 0) is 31.9 Å². The first-order chi connectivity index (χ1) is 9.16. The number of fused-ring (bicyclic) bond motifs is 1. The lowest BCUT2D eigenvalue weighted by Gasteiger charge is -2.09. The molecule has 0 saturated carbocycles. The Kier molecular flexibility index (Phi) is 4.34. The summed E-state index contributed by atoms with van der Waals surface area (Å²) in [6.45, 7) is 2.60. The lowest BCUT2D eigenvalue weighted by Crippen LogP contribution is -2.09. The maximum absolute atomic E-state index is 7.15. The van der Waals surface area contributed by atoms with Gasteiger partial charge >= 0.3 is 0 Å². The van der Waals surface area contributed by atoms with E-state index in [0.717, 1.165) is 35.2 Å². The van der Waals surface area contributed by atoms with Gasteiger partial charge in [0, 0.05) is 17.5 Å². The van der Waals surface area contributed by atoms with E-state index in [2.05, 4.69) is 11.1 Å². The van der Waals surface area contributed by atoms with Crippen molar-refractivity contribution in [2.24, 2.45) is 5.73 Å². The van der Waals surface area contributed by atoms with Crippen LogP contribution in [0, 0.1) is 12.3 Å². The number of hydrogen-bond acceptors (Lipinski definition) is 3. The van der Waals surface area contributed by atoms with E-state index in [4.69, 9.17) is 15.9 Å². The van der Waals surface area contributed by atoms with E-state index < -0.39 is 0 Å². The smallest absolute Gasteiger partial charge is 0.145 e. The van der Waals surface area contributed by atoms with E-state index in [1.165, 1.54) is 0 Å². The van der Waals surface area contributed by atoms with Gasteiger partial charge in [0.1, 0.15) is 11.3 Å². The lowest BCUT2D eigenvalue weighted by molar-refractivity contribution is 0.311.